The molecule has 1 aliphatic rings. The largest absolute Gasteiger partial charge is 1.00 e. The molecule has 33 heavy (non-hydrogen) atoms. The van der Waals surface area contributed by atoms with E-state index in [2.05, 4.69) is 52.3 Å². The van der Waals surface area contributed by atoms with E-state index >= 15 is 0 Å². The van der Waals surface area contributed by atoms with Crippen molar-refractivity contribution in [3.63, 3.8) is 0 Å². The molecule has 0 radical (unpaired) electrons. The van der Waals surface area contributed by atoms with Gasteiger partial charge in [-0.1, -0.05) is 60.7 Å². The van der Waals surface area contributed by atoms with Crippen molar-refractivity contribution in [2.24, 2.45) is 0 Å². The number of benzene rings is 3. The Bertz CT molecular complexity index is 1270. The molecule has 0 saturated carbocycles. The second kappa shape index (κ2) is 10.3. The number of nitrogens with one attached hydrogen (secondary N) is 1. The molecule has 4 aromatic rings. The molecule has 0 unspecified atom stereocenters. The predicted molar refractivity (Wildman–Crippen MR) is 129 cm³/mol. The number of fused-ring (bicyclic) bond motifs is 1. The lowest BCUT2D eigenvalue weighted by Gasteiger charge is -2.17. The van der Waals surface area contributed by atoms with Crippen LogP contribution in [0.15, 0.2) is 109 Å². The van der Waals surface area contributed by atoms with E-state index in [1.807, 2.05) is 67.0 Å². The molecule has 1 heterocycles. The fraction of sp³-hybridized carbons (Fsp3) is 0.103. The van der Waals surface area contributed by atoms with E-state index in [1.54, 1.807) is 0 Å². The third kappa shape index (κ3) is 5.39. The molecule has 0 bridgehead atoms. The van der Waals surface area contributed by atoms with Crippen molar-refractivity contribution in [1.29, 1.82) is 0 Å². The molecule has 1 aliphatic carbocycles. The van der Waals surface area contributed by atoms with Crippen LogP contribution in [0.25, 0.3) is 17.2 Å². The van der Waals surface area contributed by atoms with Crippen LogP contribution in [-0.2, 0) is 17.8 Å². The number of hydrogen-bond donors (Lipinski definition) is 1. The molecule has 0 fully saturated rings. The molecule has 4 heteroatoms. The lowest BCUT2D eigenvalue weighted by Crippen LogP contribution is -3.00. The van der Waals surface area contributed by atoms with Crippen LogP contribution >= 0.6 is 0 Å². The standard InChI is InChI=1S/C29H24N2O.ClH/c32-29(30-28-15-9-22(10-16-28)21-31-17-5-2-6-18-31)26-14-12-24-11-13-25(19-27(24)20-26)23-7-3-1-4-8-23;/h1-11,13,15-20H,12,14,21H2;1H. The third-order valence-electron chi connectivity index (χ3n) is 5.89. The van der Waals surface area contributed by atoms with E-state index in [0.29, 0.717) is 0 Å². The minimum atomic E-state index is -0.0223. The number of carbonyl (C=O) groups is 1. The van der Waals surface area contributed by atoms with Crippen molar-refractivity contribution in [3.8, 4) is 11.1 Å². The quantitative estimate of drug-likeness (QED) is 0.464. The lowest BCUT2D eigenvalue weighted by molar-refractivity contribution is -0.688. The SMILES string of the molecule is O=C(Nc1ccc(C[n+]2ccccc2)cc1)C1=Cc2cc(-c3ccccc3)ccc2CC1.[Cl-]. The maximum Gasteiger partial charge on any atom is 0.251 e. The Morgan fingerprint density at radius 3 is 2.27 bits per heavy atom. The predicted octanol–water partition coefficient (Wildman–Crippen LogP) is 2.66. The van der Waals surface area contributed by atoms with Gasteiger partial charge in [0.1, 0.15) is 0 Å². The summed E-state index contributed by atoms with van der Waals surface area (Å²) < 4.78 is 2.13. The monoisotopic (exact) mass is 452 g/mol. The highest BCUT2D eigenvalue weighted by Crippen LogP contribution is 2.29. The van der Waals surface area contributed by atoms with Crippen molar-refractivity contribution in [2.75, 3.05) is 5.32 Å². The summed E-state index contributed by atoms with van der Waals surface area (Å²) >= 11 is 0. The van der Waals surface area contributed by atoms with Crippen LogP contribution in [-0.4, -0.2) is 5.91 Å². The number of halogens is 1. The van der Waals surface area contributed by atoms with Crippen LogP contribution in [0.3, 0.4) is 0 Å². The first-order chi connectivity index (χ1) is 15.7. The molecule has 3 aromatic carbocycles. The zero-order chi connectivity index (χ0) is 21.8. The molecule has 0 saturated heterocycles. The van der Waals surface area contributed by atoms with Gasteiger partial charge in [0.05, 0.1) is 0 Å². The average Bonchev–Trinajstić information content (AvgIpc) is 2.86. The van der Waals surface area contributed by atoms with Crippen LogP contribution in [0.1, 0.15) is 23.1 Å². The number of rotatable bonds is 5. The van der Waals surface area contributed by atoms with E-state index in [0.717, 1.165) is 36.2 Å². The minimum Gasteiger partial charge on any atom is -1.00 e. The van der Waals surface area contributed by atoms with E-state index in [-0.39, 0.29) is 18.3 Å². The Labute approximate surface area is 200 Å². The Hall–Kier alpha value is -3.69. The molecule has 0 atom stereocenters. The number of pyridine rings is 1. The number of aryl methyl sites for hydroxylation is 1. The molecule has 1 aromatic heterocycles. The number of anilines is 1. The van der Waals surface area contributed by atoms with Crippen LogP contribution in [0.5, 0.6) is 0 Å². The van der Waals surface area contributed by atoms with Gasteiger partial charge in [0.2, 0.25) is 0 Å². The van der Waals surface area contributed by atoms with Gasteiger partial charge in [-0.15, -0.1) is 0 Å². The first-order valence-electron chi connectivity index (χ1n) is 11.0. The van der Waals surface area contributed by atoms with Crippen LogP contribution in [0, 0.1) is 0 Å². The first-order valence-corrected chi connectivity index (χ1v) is 11.0. The van der Waals surface area contributed by atoms with Crippen molar-refractivity contribution in [2.45, 2.75) is 19.4 Å². The van der Waals surface area contributed by atoms with Crippen molar-refractivity contribution < 1.29 is 21.8 Å². The molecule has 0 spiro atoms. The average molecular weight is 453 g/mol. The summed E-state index contributed by atoms with van der Waals surface area (Å²) in [7, 11) is 0. The Kier molecular flexibility index (Phi) is 7.01. The molecular weight excluding hydrogens is 428 g/mol. The number of hydrogen-bond acceptors (Lipinski definition) is 1. The van der Waals surface area contributed by atoms with E-state index in [4.69, 9.17) is 0 Å². The van der Waals surface area contributed by atoms with Crippen molar-refractivity contribution in [1.82, 2.24) is 0 Å². The second-order valence-corrected chi connectivity index (χ2v) is 8.15. The molecule has 0 aliphatic heterocycles. The molecule has 5 rings (SSSR count). The summed E-state index contributed by atoms with van der Waals surface area (Å²) in [6.07, 6.45) is 7.78. The highest BCUT2D eigenvalue weighted by Gasteiger charge is 2.17. The minimum absolute atomic E-state index is 0. The summed E-state index contributed by atoms with van der Waals surface area (Å²) in [5, 5.41) is 3.07. The maximum absolute atomic E-state index is 12.9. The Morgan fingerprint density at radius 1 is 0.788 bits per heavy atom. The highest BCUT2D eigenvalue weighted by atomic mass is 35.5. The summed E-state index contributed by atoms with van der Waals surface area (Å²) in [6.45, 7) is 0.806. The van der Waals surface area contributed by atoms with Crippen molar-refractivity contribution in [3.05, 3.63) is 126 Å². The van der Waals surface area contributed by atoms with Gasteiger partial charge in [0.25, 0.3) is 5.91 Å². The number of carbonyl (C=O) groups excluding carboxylic acids is 1. The molecule has 164 valence electrons. The number of aromatic nitrogens is 1. The van der Waals surface area contributed by atoms with Gasteiger partial charge < -0.3 is 17.7 Å². The third-order valence-corrected chi connectivity index (χ3v) is 5.89. The van der Waals surface area contributed by atoms with Crippen LogP contribution < -0.4 is 22.3 Å². The summed E-state index contributed by atoms with van der Waals surface area (Å²) in [6, 6.07) is 31.0. The van der Waals surface area contributed by atoms with Gasteiger partial charge in [-0.25, -0.2) is 4.57 Å². The van der Waals surface area contributed by atoms with Gasteiger partial charge >= 0.3 is 0 Å². The van der Waals surface area contributed by atoms with Gasteiger partial charge in [0, 0.05) is 29.0 Å². The lowest BCUT2D eigenvalue weighted by atomic mass is 9.89. The van der Waals surface area contributed by atoms with Crippen LogP contribution in [0.4, 0.5) is 5.69 Å². The molecular formula is C29H25ClN2O. The number of amides is 1. The van der Waals surface area contributed by atoms with Crippen LogP contribution in [0.2, 0.25) is 0 Å². The smallest absolute Gasteiger partial charge is 0.251 e. The maximum atomic E-state index is 12.9. The van der Waals surface area contributed by atoms with E-state index in [9.17, 15) is 4.79 Å². The molecule has 1 amide bonds. The number of nitrogens with zero attached hydrogens (tertiary/aromatic N) is 1. The van der Waals surface area contributed by atoms with Gasteiger partial charge in [-0.2, -0.15) is 0 Å². The fourth-order valence-corrected chi connectivity index (χ4v) is 4.13. The fourth-order valence-electron chi connectivity index (χ4n) is 4.13. The summed E-state index contributed by atoms with van der Waals surface area (Å²) in [4.78, 5) is 12.9. The van der Waals surface area contributed by atoms with Gasteiger partial charge in [-0.3, -0.25) is 4.79 Å². The summed E-state index contributed by atoms with van der Waals surface area (Å²) in [5.74, 6) is -0.0223. The van der Waals surface area contributed by atoms with Crippen molar-refractivity contribution >= 4 is 17.7 Å². The molecule has 1 N–H and O–H groups in total. The van der Waals surface area contributed by atoms with Gasteiger partial charge in [0.15, 0.2) is 18.9 Å². The van der Waals surface area contributed by atoms with Gasteiger partial charge in [-0.05, 0) is 59.4 Å². The van der Waals surface area contributed by atoms with E-state index < -0.39 is 0 Å². The van der Waals surface area contributed by atoms with E-state index in [1.165, 1.54) is 22.3 Å². The molecule has 3 nitrogen and oxygen atoms in total. The zero-order valence-corrected chi connectivity index (χ0v) is 19.0. The highest BCUT2D eigenvalue weighted by molar-refractivity contribution is 6.07. The summed E-state index contributed by atoms with van der Waals surface area (Å²) in [5.41, 5.74) is 7.64. The normalized spacial score (nSPS) is 12.2. The Morgan fingerprint density at radius 2 is 1.52 bits per heavy atom. The first kappa shape index (κ1) is 22.5. The topological polar surface area (TPSA) is 33.0 Å². The Balaban J connectivity index is 0.00000259. The second-order valence-electron chi connectivity index (χ2n) is 8.15. The zero-order valence-electron chi connectivity index (χ0n) is 18.2.